The van der Waals surface area contributed by atoms with Gasteiger partial charge in [0.25, 0.3) is 11.8 Å². The number of barbiturate groups is 1. The largest absolute Gasteiger partial charge is 0.493 e. The maximum Gasteiger partial charge on any atom is 0.335 e. The highest BCUT2D eigenvalue weighted by atomic mass is 127. The first-order valence-electron chi connectivity index (χ1n) is 10.9. The van der Waals surface area contributed by atoms with Gasteiger partial charge in [-0.1, -0.05) is 29.8 Å². The van der Waals surface area contributed by atoms with Crippen molar-refractivity contribution in [3.05, 3.63) is 91.0 Å². The van der Waals surface area contributed by atoms with E-state index < -0.39 is 17.8 Å². The number of nitrogens with one attached hydrogen (secondary N) is 1. The number of halogens is 2. The second-order valence-corrected chi connectivity index (χ2v) is 9.77. The molecule has 3 aromatic rings. The third-order valence-electron chi connectivity index (χ3n) is 5.70. The minimum atomic E-state index is -0.827. The molecule has 0 bridgehead atoms. The summed E-state index contributed by atoms with van der Waals surface area (Å²) in [6, 6.07) is 14.9. The molecule has 0 unspecified atom stereocenters. The zero-order valence-electron chi connectivity index (χ0n) is 19.7. The van der Waals surface area contributed by atoms with Crippen LogP contribution in [0.5, 0.6) is 11.5 Å². The normalized spacial score (nSPS) is 14.8. The number of hydrogen-bond donors (Lipinski definition) is 1. The van der Waals surface area contributed by atoms with Crippen molar-refractivity contribution >= 4 is 63.8 Å². The van der Waals surface area contributed by atoms with Gasteiger partial charge in [-0.25, -0.2) is 9.69 Å². The predicted molar refractivity (Wildman–Crippen MR) is 146 cm³/mol. The van der Waals surface area contributed by atoms with E-state index in [-0.39, 0.29) is 5.57 Å². The van der Waals surface area contributed by atoms with Crippen molar-refractivity contribution in [1.82, 2.24) is 5.32 Å². The average molecular weight is 617 g/mol. The van der Waals surface area contributed by atoms with Gasteiger partial charge in [0.2, 0.25) is 0 Å². The molecule has 1 fully saturated rings. The molecule has 4 rings (SSSR count). The molecular weight excluding hydrogens is 595 g/mol. The molecule has 0 spiro atoms. The number of carbonyl (C=O) groups is 3. The van der Waals surface area contributed by atoms with Crippen LogP contribution in [0, 0.1) is 17.4 Å². The molecule has 184 valence electrons. The number of urea groups is 1. The van der Waals surface area contributed by atoms with E-state index in [0.29, 0.717) is 34.4 Å². The summed E-state index contributed by atoms with van der Waals surface area (Å²) in [5.41, 5.74) is 4.06. The van der Waals surface area contributed by atoms with Crippen molar-refractivity contribution in [3.8, 4) is 11.5 Å². The van der Waals surface area contributed by atoms with Gasteiger partial charge in [0, 0.05) is 5.02 Å². The van der Waals surface area contributed by atoms with Crippen LogP contribution in [-0.4, -0.2) is 25.0 Å². The number of methoxy groups -OCH3 is 1. The van der Waals surface area contributed by atoms with Gasteiger partial charge in [0.15, 0.2) is 11.5 Å². The van der Waals surface area contributed by atoms with E-state index in [1.807, 2.05) is 6.07 Å². The lowest BCUT2D eigenvalue weighted by Gasteiger charge is -2.26. The van der Waals surface area contributed by atoms with Crippen LogP contribution < -0.4 is 19.7 Å². The van der Waals surface area contributed by atoms with Crippen LogP contribution in [0.15, 0.2) is 60.2 Å². The maximum absolute atomic E-state index is 13.1. The summed E-state index contributed by atoms with van der Waals surface area (Å²) < 4.78 is 12.3. The van der Waals surface area contributed by atoms with Crippen LogP contribution in [0.4, 0.5) is 10.5 Å². The Hall–Kier alpha value is -3.37. The second kappa shape index (κ2) is 10.7. The Morgan fingerprint density at radius 2 is 1.72 bits per heavy atom. The lowest BCUT2D eigenvalue weighted by atomic mass is 10.1. The standard InChI is InChI=1S/C27H22ClIN2O5/c1-15-4-5-17(10-16(15)2)14-36-24-22(29)12-18(13-23(24)35-3)11-21-25(32)30-27(34)31(26(21)33)20-8-6-19(28)7-9-20/h4-13H,14H2,1-3H3,(H,30,32,34)/b21-11+. The topological polar surface area (TPSA) is 84.9 Å². The highest BCUT2D eigenvalue weighted by Gasteiger charge is 2.36. The second-order valence-electron chi connectivity index (χ2n) is 8.18. The molecule has 0 saturated carbocycles. The van der Waals surface area contributed by atoms with Crippen LogP contribution >= 0.6 is 34.2 Å². The fraction of sp³-hybridized carbons (Fsp3) is 0.148. The van der Waals surface area contributed by atoms with Crippen molar-refractivity contribution in [2.24, 2.45) is 0 Å². The van der Waals surface area contributed by atoms with E-state index in [9.17, 15) is 14.4 Å². The molecule has 1 heterocycles. The molecule has 1 saturated heterocycles. The first-order valence-corrected chi connectivity index (χ1v) is 12.4. The van der Waals surface area contributed by atoms with Crippen molar-refractivity contribution in [1.29, 1.82) is 0 Å². The highest BCUT2D eigenvalue weighted by molar-refractivity contribution is 14.1. The Labute approximate surface area is 227 Å². The smallest absolute Gasteiger partial charge is 0.335 e. The highest BCUT2D eigenvalue weighted by Crippen LogP contribution is 2.35. The first kappa shape index (κ1) is 25.7. The zero-order valence-corrected chi connectivity index (χ0v) is 22.6. The fourth-order valence-corrected chi connectivity index (χ4v) is 4.57. The summed E-state index contributed by atoms with van der Waals surface area (Å²) in [5, 5.41) is 2.67. The molecular formula is C27H22ClIN2O5. The first-order chi connectivity index (χ1) is 17.2. The van der Waals surface area contributed by atoms with E-state index in [1.54, 1.807) is 24.3 Å². The van der Waals surface area contributed by atoms with Crippen molar-refractivity contribution in [2.45, 2.75) is 20.5 Å². The predicted octanol–water partition coefficient (Wildman–Crippen LogP) is 5.82. The summed E-state index contributed by atoms with van der Waals surface area (Å²) in [7, 11) is 1.52. The molecule has 1 N–H and O–H groups in total. The number of ether oxygens (including phenoxy) is 2. The van der Waals surface area contributed by atoms with Gasteiger partial charge in [-0.15, -0.1) is 0 Å². The number of amides is 4. The summed E-state index contributed by atoms with van der Waals surface area (Å²) in [6.45, 7) is 4.46. The summed E-state index contributed by atoms with van der Waals surface area (Å²) in [6.07, 6.45) is 1.42. The number of benzene rings is 3. The minimum Gasteiger partial charge on any atom is -0.493 e. The Morgan fingerprint density at radius 3 is 2.39 bits per heavy atom. The lowest BCUT2D eigenvalue weighted by molar-refractivity contribution is -0.122. The third-order valence-corrected chi connectivity index (χ3v) is 6.76. The molecule has 36 heavy (non-hydrogen) atoms. The SMILES string of the molecule is COc1cc(/C=C2\C(=O)NC(=O)N(c3ccc(Cl)cc3)C2=O)cc(I)c1OCc1ccc(C)c(C)c1. The molecule has 0 atom stereocenters. The number of nitrogens with zero attached hydrogens (tertiary/aromatic N) is 1. The molecule has 0 radical (unpaired) electrons. The summed E-state index contributed by atoms with van der Waals surface area (Å²) in [5.74, 6) is -0.517. The number of carbonyl (C=O) groups excluding carboxylic acids is 3. The Bertz CT molecular complexity index is 1400. The van der Waals surface area contributed by atoms with Crippen LogP contribution in [-0.2, 0) is 16.2 Å². The van der Waals surface area contributed by atoms with E-state index in [1.165, 1.54) is 36.4 Å². The minimum absolute atomic E-state index is 0.189. The monoisotopic (exact) mass is 616 g/mol. The molecule has 7 nitrogen and oxygen atoms in total. The Balaban J connectivity index is 1.63. The van der Waals surface area contributed by atoms with Gasteiger partial charge >= 0.3 is 6.03 Å². The number of rotatable bonds is 6. The number of hydrogen-bond acceptors (Lipinski definition) is 5. The quantitative estimate of drug-likeness (QED) is 0.215. The van der Waals surface area contributed by atoms with E-state index in [4.69, 9.17) is 21.1 Å². The average Bonchev–Trinajstić information content (AvgIpc) is 2.84. The fourth-order valence-electron chi connectivity index (χ4n) is 3.66. The van der Waals surface area contributed by atoms with Crippen molar-refractivity contribution in [2.75, 3.05) is 12.0 Å². The molecule has 9 heteroatoms. The maximum atomic E-state index is 13.1. The van der Waals surface area contributed by atoms with E-state index in [0.717, 1.165) is 14.0 Å². The number of imide groups is 2. The van der Waals surface area contributed by atoms with Gasteiger partial charge in [-0.05, 0) is 101 Å². The van der Waals surface area contributed by atoms with Gasteiger partial charge in [0.05, 0.1) is 16.4 Å². The van der Waals surface area contributed by atoms with Gasteiger partial charge < -0.3 is 9.47 Å². The summed E-state index contributed by atoms with van der Waals surface area (Å²) in [4.78, 5) is 39.0. The molecule has 0 aliphatic carbocycles. The van der Waals surface area contributed by atoms with E-state index >= 15 is 0 Å². The number of aryl methyl sites for hydroxylation is 2. The van der Waals surface area contributed by atoms with Crippen molar-refractivity contribution in [3.63, 3.8) is 0 Å². The summed E-state index contributed by atoms with van der Waals surface area (Å²) >= 11 is 8.03. The molecule has 0 aromatic heterocycles. The molecule has 3 aromatic carbocycles. The van der Waals surface area contributed by atoms with Crippen LogP contribution in [0.1, 0.15) is 22.3 Å². The Morgan fingerprint density at radius 1 is 1.00 bits per heavy atom. The molecule has 4 amide bonds. The van der Waals surface area contributed by atoms with Crippen molar-refractivity contribution < 1.29 is 23.9 Å². The lowest BCUT2D eigenvalue weighted by Crippen LogP contribution is -2.54. The molecule has 1 aliphatic heterocycles. The van der Waals surface area contributed by atoms with Crippen LogP contribution in [0.2, 0.25) is 5.02 Å². The van der Waals surface area contributed by atoms with Crippen LogP contribution in [0.25, 0.3) is 6.08 Å². The van der Waals surface area contributed by atoms with Gasteiger partial charge in [-0.3, -0.25) is 14.9 Å². The molecule has 1 aliphatic rings. The third kappa shape index (κ3) is 5.39. The van der Waals surface area contributed by atoms with Gasteiger partial charge in [0.1, 0.15) is 12.2 Å². The van der Waals surface area contributed by atoms with Gasteiger partial charge in [-0.2, -0.15) is 0 Å². The van der Waals surface area contributed by atoms with E-state index in [2.05, 4.69) is 53.9 Å². The van der Waals surface area contributed by atoms with Crippen LogP contribution in [0.3, 0.4) is 0 Å². The zero-order chi connectivity index (χ0) is 26.0. The Kier molecular flexibility index (Phi) is 7.65. The number of anilines is 1.